The number of aliphatic imine (C=N–C) groups is 1. The third kappa shape index (κ3) is 10.2. The average Bonchev–Trinajstić information content (AvgIpc) is 2.68. The van der Waals surface area contributed by atoms with Gasteiger partial charge in [-0.2, -0.15) is 0 Å². The Kier molecular flexibility index (Phi) is 12.7. The standard InChI is InChI=1S/C21H42N6O6/c1-6-15(2)16(22)11-8-7-9-14-26(19(30)33-20(3,4)5)21(17(28)29,27(31)32)12-10-13-25-18(23)24/h15-16H,6-14,22H2,1-5H3,(H,28,29)(H4,23,24,25)/t15?,16?,21-/m1/s1. The lowest BCUT2D eigenvalue weighted by Gasteiger charge is -2.34. The van der Waals surface area contributed by atoms with Crippen molar-refractivity contribution in [1.82, 2.24) is 4.90 Å². The van der Waals surface area contributed by atoms with Crippen LogP contribution in [0.4, 0.5) is 4.79 Å². The lowest BCUT2D eigenvalue weighted by molar-refractivity contribution is -0.582. The van der Waals surface area contributed by atoms with Gasteiger partial charge < -0.3 is 27.0 Å². The van der Waals surface area contributed by atoms with E-state index in [0.717, 1.165) is 19.3 Å². The van der Waals surface area contributed by atoms with Crippen molar-refractivity contribution in [3.63, 3.8) is 0 Å². The first kappa shape index (κ1) is 30.4. The van der Waals surface area contributed by atoms with Gasteiger partial charge in [0.15, 0.2) is 5.96 Å². The fourth-order valence-corrected chi connectivity index (χ4v) is 3.32. The average molecular weight is 475 g/mol. The molecular weight excluding hydrogens is 432 g/mol. The number of amides is 1. The van der Waals surface area contributed by atoms with E-state index in [9.17, 15) is 24.8 Å². The number of ether oxygens (including phenoxy) is 1. The maximum Gasteiger partial charge on any atom is 0.416 e. The summed E-state index contributed by atoms with van der Waals surface area (Å²) in [5.74, 6) is -1.58. The number of hydrogen-bond donors (Lipinski definition) is 4. The summed E-state index contributed by atoms with van der Waals surface area (Å²) >= 11 is 0. The summed E-state index contributed by atoms with van der Waals surface area (Å²) in [6.07, 6.45) is 1.94. The van der Waals surface area contributed by atoms with Gasteiger partial charge in [-0.3, -0.25) is 15.1 Å². The van der Waals surface area contributed by atoms with Crippen LogP contribution in [0.1, 0.15) is 79.6 Å². The SMILES string of the molecule is CCC(C)C(N)CCCCCN(C(=O)OC(C)(C)C)[C@@](CCCN=C(N)N)(C(=O)O)[N+](=O)[O-]. The van der Waals surface area contributed by atoms with Gasteiger partial charge in [0, 0.05) is 19.1 Å². The van der Waals surface area contributed by atoms with E-state index >= 15 is 0 Å². The molecule has 0 aromatic carbocycles. The predicted octanol–water partition coefficient (Wildman–Crippen LogP) is 2.27. The molecule has 0 heterocycles. The molecule has 0 saturated heterocycles. The maximum absolute atomic E-state index is 12.9. The van der Waals surface area contributed by atoms with E-state index < -0.39 is 34.7 Å². The van der Waals surface area contributed by atoms with Crippen molar-refractivity contribution in [2.24, 2.45) is 28.1 Å². The molecule has 0 aliphatic rings. The summed E-state index contributed by atoms with van der Waals surface area (Å²) < 4.78 is 5.32. The zero-order valence-corrected chi connectivity index (χ0v) is 20.6. The highest BCUT2D eigenvalue weighted by Crippen LogP contribution is 2.27. The van der Waals surface area contributed by atoms with Crippen molar-refractivity contribution in [3.8, 4) is 0 Å². The third-order valence-corrected chi connectivity index (χ3v) is 5.48. The number of unbranched alkanes of at least 4 members (excludes halogenated alkanes) is 2. The molecule has 0 spiro atoms. The van der Waals surface area contributed by atoms with Gasteiger partial charge in [0.25, 0.3) is 0 Å². The third-order valence-electron chi connectivity index (χ3n) is 5.48. The van der Waals surface area contributed by atoms with Crippen LogP contribution >= 0.6 is 0 Å². The molecule has 7 N–H and O–H groups in total. The molecule has 33 heavy (non-hydrogen) atoms. The van der Waals surface area contributed by atoms with Gasteiger partial charge in [-0.1, -0.05) is 33.1 Å². The number of nitrogens with zero attached hydrogens (tertiary/aromatic N) is 3. The van der Waals surface area contributed by atoms with Crippen molar-refractivity contribution in [1.29, 1.82) is 0 Å². The van der Waals surface area contributed by atoms with Crippen LogP contribution in [0.2, 0.25) is 0 Å². The quantitative estimate of drug-likeness (QED) is 0.0685. The summed E-state index contributed by atoms with van der Waals surface area (Å²) in [7, 11) is 0. The van der Waals surface area contributed by atoms with Crippen molar-refractivity contribution in [3.05, 3.63) is 10.1 Å². The second-order valence-electron chi connectivity index (χ2n) is 9.32. The molecule has 0 aliphatic carbocycles. The second kappa shape index (κ2) is 13.8. The van der Waals surface area contributed by atoms with Crippen molar-refractivity contribution >= 4 is 18.0 Å². The Morgan fingerprint density at radius 3 is 2.24 bits per heavy atom. The number of aliphatic carboxylic acids is 1. The molecule has 0 radical (unpaired) electrons. The highest BCUT2D eigenvalue weighted by molar-refractivity contribution is 5.82. The first-order chi connectivity index (χ1) is 15.2. The first-order valence-electron chi connectivity index (χ1n) is 11.4. The van der Waals surface area contributed by atoms with Crippen molar-refractivity contribution in [2.75, 3.05) is 13.1 Å². The Hall–Kier alpha value is -2.63. The Morgan fingerprint density at radius 1 is 1.18 bits per heavy atom. The minimum atomic E-state index is -2.70. The van der Waals surface area contributed by atoms with Crippen LogP contribution in [0.5, 0.6) is 0 Å². The number of carboxylic acid groups (broad SMARTS) is 1. The van der Waals surface area contributed by atoms with Gasteiger partial charge in [0.05, 0.1) is 11.3 Å². The van der Waals surface area contributed by atoms with Gasteiger partial charge >= 0.3 is 17.7 Å². The van der Waals surface area contributed by atoms with Crippen LogP contribution in [0.3, 0.4) is 0 Å². The van der Waals surface area contributed by atoms with E-state index in [1.54, 1.807) is 20.8 Å². The topological polar surface area (TPSA) is 200 Å². The van der Waals surface area contributed by atoms with Gasteiger partial charge in [0.2, 0.25) is 0 Å². The normalized spacial score (nSPS) is 15.1. The number of nitro groups is 1. The molecule has 0 rings (SSSR count). The lowest BCUT2D eigenvalue weighted by atomic mass is 9.95. The van der Waals surface area contributed by atoms with E-state index in [-0.39, 0.29) is 31.5 Å². The number of hydrogen-bond acceptors (Lipinski definition) is 7. The number of carbonyl (C=O) groups is 2. The molecule has 0 aromatic heterocycles. The van der Waals surface area contributed by atoms with Gasteiger partial charge in [-0.15, -0.1) is 0 Å². The molecule has 0 aromatic rings. The van der Waals surface area contributed by atoms with Crippen LogP contribution in [-0.4, -0.2) is 63.3 Å². The first-order valence-corrected chi connectivity index (χ1v) is 11.4. The van der Waals surface area contributed by atoms with E-state index in [2.05, 4.69) is 18.8 Å². The monoisotopic (exact) mass is 474 g/mol. The van der Waals surface area contributed by atoms with Crippen LogP contribution in [0.15, 0.2) is 4.99 Å². The zero-order chi connectivity index (χ0) is 25.8. The van der Waals surface area contributed by atoms with Crippen LogP contribution < -0.4 is 17.2 Å². The molecule has 0 fully saturated rings. The van der Waals surface area contributed by atoms with E-state index in [4.69, 9.17) is 21.9 Å². The molecule has 12 heteroatoms. The Morgan fingerprint density at radius 2 is 1.79 bits per heavy atom. The van der Waals surface area contributed by atoms with E-state index in [0.29, 0.717) is 23.7 Å². The number of guanidine groups is 1. The Labute approximate surface area is 196 Å². The van der Waals surface area contributed by atoms with Gasteiger partial charge in [-0.25, -0.2) is 14.5 Å². The van der Waals surface area contributed by atoms with Crippen molar-refractivity contribution in [2.45, 2.75) is 96.9 Å². The fraction of sp³-hybridized carbons (Fsp3) is 0.857. The number of nitrogens with two attached hydrogens (primary N) is 3. The van der Waals surface area contributed by atoms with Gasteiger partial charge in [-0.05, 0) is 46.0 Å². The molecular formula is C21H42N6O6. The predicted molar refractivity (Wildman–Crippen MR) is 126 cm³/mol. The Bertz CT molecular complexity index is 661. The highest BCUT2D eigenvalue weighted by Gasteiger charge is 2.59. The van der Waals surface area contributed by atoms with E-state index in [1.807, 2.05) is 0 Å². The molecule has 1 amide bonds. The van der Waals surface area contributed by atoms with Crippen LogP contribution in [0, 0.1) is 16.0 Å². The van der Waals surface area contributed by atoms with E-state index in [1.165, 1.54) is 0 Å². The van der Waals surface area contributed by atoms with Crippen LogP contribution in [-0.2, 0) is 9.53 Å². The number of carbonyl (C=O) groups excluding carboxylic acids is 1. The smallest absolute Gasteiger partial charge is 0.416 e. The molecule has 0 aliphatic heterocycles. The summed E-state index contributed by atoms with van der Waals surface area (Å²) in [5.41, 5.74) is 13.0. The fourth-order valence-electron chi connectivity index (χ4n) is 3.32. The number of carboxylic acids is 1. The molecule has 2 unspecified atom stereocenters. The zero-order valence-electron chi connectivity index (χ0n) is 20.6. The largest absolute Gasteiger partial charge is 0.474 e. The lowest BCUT2D eigenvalue weighted by Crippen LogP contribution is -2.63. The van der Waals surface area contributed by atoms with Crippen LogP contribution in [0.25, 0.3) is 0 Å². The van der Waals surface area contributed by atoms with Crippen molar-refractivity contribution < 1.29 is 24.4 Å². The minimum Gasteiger partial charge on any atom is -0.474 e. The molecule has 192 valence electrons. The number of rotatable bonds is 15. The summed E-state index contributed by atoms with van der Waals surface area (Å²) in [6, 6.07) is 0.0457. The Balaban J connectivity index is 5.64. The summed E-state index contributed by atoms with van der Waals surface area (Å²) in [5, 5.41) is 22.0. The van der Waals surface area contributed by atoms with Gasteiger partial charge in [0.1, 0.15) is 5.60 Å². The molecule has 0 bridgehead atoms. The second-order valence-corrected chi connectivity index (χ2v) is 9.32. The highest BCUT2D eigenvalue weighted by atomic mass is 16.6. The molecule has 0 saturated carbocycles. The maximum atomic E-state index is 12.9. The molecule has 3 atom stereocenters. The minimum absolute atomic E-state index is 0.0130. The summed E-state index contributed by atoms with van der Waals surface area (Å²) in [6.45, 7) is 8.80. The summed E-state index contributed by atoms with van der Waals surface area (Å²) in [4.78, 5) is 40.7. The molecule has 12 nitrogen and oxygen atoms in total.